The summed E-state index contributed by atoms with van der Waals surface area (Å²) in [5.41, 5.74) is 8.69. The van der Waals surface area contributed by atoms with E-state index in [2.05, 4.69) is 5.10 Å². The Hall–Kier alpha value is -1.52. The highest BCUT2D eigenvalue weighted by molar-refractivity contribution is 6.32. The van der Waals surface area contributed by atoms with Crippen LogP contribution in [-0.4, -0.2) is 9.78 Å². The summed E-state index contributed by atoms with van der Waals surface area (Å²) in [5.74, 6) is 0.612. The zero-order chi connectivity index (χ0) is 11.1. The van der Waals surface area contributed by atoms with Crippen LogP contribution in [-0.2, 0) is 18.0 Å². The predicted molar refractivity (Wildman–Crippen MR) is 61.5 cm³/mol. The van der Waals surface area contributed by atoms with Gasteiger partial charge in [0, 0.05) is 5.56 Å². The van der Waals surface area contributed by atoms with E-state index in [1.165, 1.54) is 0 Å². The van der Waals surface area contributed by atoms with Crippen LogP contribution in [0.5, 0.6) is 0 Å². The fourth-order valence-electron chi connectivity index (χ4n) is 1.84. The summed E-state index contributed by atoms with van der Waals surface area (Å²) in [4.78, 5) is 0. The fraction of sp³-hybridized carbons (Fsp3) is 0.182. The molecule has 2 N–H and O–H groups in total. The minimum absolute atomic E-state index is 0.525. The Balaban J connectivity index is 2.18. The zero-order valence-electron chi connectivity index (χ0n) is 8.48. The third kappa shape index (κ3) is 1.31. The Labute approximate surface area is 97.6 Å². The molecule has 1 aromatic carbocycles. The summed E-state index contributed by atoms with van der Waals surface area (Å²) in [6.45, 7) is 1.06. The molecule has 82 valence electrons. The van der Waals surface area contributed by atoms with E-state index in [4.69, 9.17) is 22.1 Å². The number of aromatic nitrogens is 2. The number of nitrogens with zero attached hydrogens (tertiary/aromatic N) is 2. The highest BCUT2D eigenvalue weighted by Gasteiger charge is 2.22. The second-order valence-corrected chi connectivity index (χ2v) is 4.07. The van der Waals surface area contributed by atoms with Gasteiger partial charge in [0.1, 0.15) is 5.82 Å². The number of halogens is 1. The molecule has 0 spiro atoms. The van der Waals surface area contributed by atoms with Gasteiger partial charge in [-0.05, 0) is 12.1 Å². The maximum absolute atomic E-state index is 6.11. The van der Waals surface area contributed by atoms with Crippen LogP contribution in [0.2, 0.25) is 5.02 Å². The summed E-state index contributed by atoms with van der Waals surface area (Å²) in [6.07, 6.45) is 0. The number of benzene rings is 1. The van der Waals surface area contributed by atoms with Crippen molar-refractivity contribution >= 4 is 17.4 Å². The Morgan fingerprint density at radius 3 is 2.88 bits per heavy atom. The number of nitrogens with two attached hydrogens (primary N) is 1. The van der Waals surface area contributed by atoms with Gasteiger partial charge in [0.2, 0.25) is 0 Å². The third-order valence-corrected chi connectivity index (χ3v) is 2.99. The van der Waals surface area contributed by atoms with Crippen molar-refractivity contribution in [3.05, 3.63) is 40.5 Å². The van der Waals surface area contributed by atoms with Gasteiger partial charge in [0.25, 0.3) is 0 Å². The van der Waals surface area contributed by atoms with Gasteiger partial charge in [-0.1, -0.05) is 23.7 Å². The van der Waals surface area contributed by atoms with Crippen LogP contribution in [0.25, 0.3) is 5.69 Å². The normalized spacial score (nSPS) is 14.1. The lowest BCUT2D eigenvalue weighted by Crippen LogP contribution is -2.04. The van der Waals surface area contributed by atoms with Crippen LogP contribution < -0.4 is 5.73 Å². The number of anilines is 1. The molecule has 1 aliphatic rings. The van der Waals surface area contributed by atoms with E-state index in [-0.39, 0.29) is 0 Å². The minimum Gasteiger partial charge on any atom is -0.383 e. The second kappa shape index (κ2) is 3.50. The average Bonchev–Trinajstić information content (AvgIpc) is 2.83. The van der Waals surface area contributed by atoms with Gasteiger partial charge in [-0.3, -0.25) is 0 Å². The van der Waals surface area contributed by atoms with Gasteiger partial charge >= 0.3 is 0 Å². The molecule has 2 heterocycles. The first-order valence-corrected chi connectivity index (χ1v) is 5.34. The van der Waals surface area contributed by atoms with Gasteiger partial charge in [-0.15, -0.1) is 0 Å². The molecule has 3 rings (SSSR count). The average molecular weight is 236 g/mol. The maximum atomic E-state index is 6.11. The minimum atomic E-state index is 0.525. The molecule has 1 aliphatic heterocycles. The Kier molecular flexibility index (Phi) is 2.12. The van der Waals surface area contributed by atoms with Crippen molar-refractivity contribution in [2.75, 3.05) is 5.73 Å². The molecule has 5 heteroatoms. The molecule has 0 radical (unpaired) electrons. The molecule has 0 atom stereocenters. The van der Waals surface area contributed by atoms with E-state index in [0.717, 1.165) is 16.9 Å². The van der Waals surface area contributed by atoms with Crippen LogP contribution >= 0.6 is 11.6 Å². The van der Waals surface area contributed by atoms with Crippen molar-refractivity contribution in [1.29, 1.82) is 0 Å². The number of hydrogen-bond acceptors (Lipinski definition) is 3. The van der Waals surface area contributed by atoms with E-state index >= 15 is 0 Å². The summed E-state index contributed by atoms with van der Waals surface area (Å²) in [6, 6.07) is 7.49. The highest BCUT2D eigenvalue weighted by atomic mass is 35.5. The van der Waals surface area contributed by atoms with Crippen molar-refractivity contribution in [1.82, 2.24) is 9.78 Å². The van der Waals surface area contributed by atoms with Crippen LogP contribution in [0.3, 0.4) is 0 Å². The van der Waals surface area contributed by atoms with Crippen LogP contribution in [0.15, 0.2) is 24.3 Å². The smallest absolute Gasteiger partial charge is 0.133 e. The number of hydrogen-bond donors (Lipinski definition) is 1. The van der Waals surface area contributed by atoms with Crippen LogP contribution in [0.4, 0.5) is 5.82 Å². The van der Waals surface area contributed by atoms with Crippen molar-refractivity contribution in [2.24, 2.45) is 0 Å². The van der Waals surface area contributed by atoms with E-state index in [0.29, 0.717) is 24.1 Å². The Morgan fingerprint density at radius 2 is 2.12 bits per heavy atom. The zero-order valence-corrected chi connectivity index (χ0v) is 9.24. The van der Waals surface area contributed by atoms with E-state index in [1.807, 2.05) is 24.3 Å². The maximum Gasteiger partial charge on any atom is 0.133 e. The van der Waals surface area contributed by atoms with Crippen molar-refractivity contribution in [3.8, 4) is 5.69 Å². The quantitative estimate of drug-likeness (QED) is 0.824. The van der Waals surface area contributed by atoms with E-state index < -0.39 is 0 Å². The van der Waals surface area contributed by atoms with Gasteiger partial charge in [0.15, 0.2) is 0 Å². The first kappa shape index (κ1) is 9.69. The van der Waals surface area contributed by atoms with E-state index in [1.54, 1.807) is 4.68 Å². The second-order valence-electron chi connectivity index (χ2n) is 3.67. The lowest BCUT2D eigenvalue weighted by molar-refractivity contribution is 0.131. The standard InChI is InChI=1S/C11H10ClN3O/c12-8-3-1-2-4-10(8)15-11(13)7-5-16-6-9(7)14-15/h1-4H,5-6,13H2. The molecule has 0 bridgehead atoms. The number of fused-ring (bicyclic) bond motifs is 1. The van der Waals surface area contributed by atoms with Crippen LogP contribution in [0, 0.1) is 0 Å². The van der Waals surface area contributed by atoms with Crippen molar-refractivity contribution < 1.29 is 4.74 Å². The summed E-state index contributed by atoms with van der Waals surface area (Å²) < 4.78 is 6.94. The topological polar surface area (TPSA) is 53.1 Å². The lowest BCUT2D eigenvalue weighted by atomic mass is 10.3. The van der Waals surface area contributed by atoms with Gasteiger partial charge in [-0.25, -0.2) is 4.68 Å². The first-order chi connectivity index (χ1) is 7.77. The Bertz CT molecular complexity index is 550. The molecular weight excluding hydrogens is 226 g/mol. The van der Waals surface area contributed by atoms with E-state index in [9.17, 15) is 0 Å². The summed E-state index contributed by atoms with van der Waals surface area (Å²) in [5, 5.41) is 5.04. The molecule has 16 heavy (non-hydrogen) atoms. The lowest BCUT2D eigenvalue weighted by Gasteiger charge is -2.06. The molecular formula is C11H10ClN3O. The molecule has 0 amide bonds. The monoisotopic (exact) mass is 235 g/mol. The third-order valence-electron chi connectivity index (χ3n) is 2.67. The molecule has 0 aliphatic carbocycles. The van der Waals surface area contributed by atoms with Crippen molar-refractivity contribution in [2.45, 2.75) is 13.2 Å². The largest absolute Gasteiger partial charge is 0.383 e. The molecule has 0 saturated heterocycles. The van der Waals surface area contributed by atoms with Gasteiger partial charge in [-0.2, -0.15) is 5.10 Å². The number of ether oxygens (including phenoxy) is 1. The molecule has 0 saturated carbocycles. The molecule has 0 unspecified atom stereocenters. The van der Waals surface area contributed by atoms with Crippen molar-refractivity contribution in [3.63, 3.8) is 0 Å². The molecule has 1 aromatic heterocycles. The summed E-state index contributed by atoms with van der Waals surface area (Å²) >= 11 is 6.11. The fourth-order valence-corrected chi connectivity index (χ4v) is 2.06. The number of rotatable bonds is 1. The first-order valence-electron chi connectivity index (χ1n) is 4.96. The SMILES string of the molecule is Nc1c2c(nn1-c1ccccc1Cl)COC2. The van der Waals surface area contributed by atoms with Gasteiger partial charge in [0.05, 0.1) is 29.6 Å². The van der Waals surface area contributed by atoms with Crippen LogP contribution in [0.1, 0.15) is 11.3 Å². The Morgan fingerprint density at radius 1 is 1.31 bits per heavy atom. The summed E-state index contributed by atoms with van der Waals surface area (Å²) in [7, 11) is 0. The number of para-hydroxylation sites is 1. The van der Waals surface area contributed by atoms with Gasteiger partial charge < -0.3 is 10.5 Å². The number of nitrogen functional groups attached to an aromatic ring is 1. The molecule has 2 aromatic rings. The molecule has 0 fully saturated rings. The molecule has 4 nitrogen and oxygen atoms in total. The predicted octanol–water partition coefficient (Wildman–Crippen LogP) is 2.14. The highest BCUT2D eigenvalue weighted by Crippen LogP contribution is 2.29.